The van der Waals surface area contributed by atoms with E-state index >= 15 is 0 Å². The normalized spacial score (nSPS) is 14.2. The van der Waals surface area contributed by atoms with Crippen molar-refractivity contribution in [2.24, 2.45) is 0 Å². The molecule has 0 spiro atoms. The van der Waals surface area contributed by atoms with Gasteiger partial charge in [-0.2, -0.15) is 0 Å². The minimum absolute atomic E-state index is 0.131. The number of thioether (sulfide) groups is 1. The van der Waals surface area contributed by atoms with Gasteiger partial charge in [-0.3, -0.25) is 19.3 Å². The number of carbonyl (C=O) groups is 3. The molecule has 1 N–H and O–H groups in total. The molecular formula is C26H18BrCl2FN2O5S. The molecule has 0 aliphatic carbocycles. The van der Waals surface area contributed by atoms with Crippen molar-refractivity contribution in [2.45, 2.75) is 6.61 Å². The zero-order valence-corrected chi connectivity index (χ0v) is 23.5. The van der Waals surface area contributed by atoms with Crippen molar-refractivity contribution in [1.29, 1.82) is 0 Å². The highest BCUT2D eigenvalue weighted by atomic mass is 79.9. The van der Waals surface area contributed by atoms with Crippen LogP contribution in [0.4, 0.5) is 14.9 Å². The van der Waals surface area contributed by atoms with E-state index in [0.717, 1.165) is 16.5 Å². The first kappa shape index (κ1) is 28.0. The number of hydrogen-bond acceptors (Lipinski definition) is 6. The summed E-state index contributed by atoms with van der Waals surface area (Å²) in [5.41, 5.74) is 1.60. The van der Waals surface area contributed by atoms with Gasteiger partial charge in [-0.05, 0) is 75.7 Å². The fraction of sp³-hybridized carbons (Fsp3) is 0.115. The van der Waals surface area contributed by atoms with Crippen LogP contribution < -0.4 is 14.8 Å². The highest BCUT2D eigenvalue weighted by Gasteiger charge is 2.36. The maximum absolute atomic E-state index is 13.3. The van der Waals surface area contributed by atoms with Crippen LogP contribution in [0.5, 0.6) is 11.5 Å². The monoisotopic (exact) mass is 638 g/mol. The first-order valence-corrected chi connectivity index (χ1v) is 13.3. The van der Waals surface area contributed by atoms with Crippen LogP contribution in [-0.2, 0) is 16.2 Å². The number of carbonyl (C=O) groups excluding carboxylic acids is 3. The molecule has 0 bridgehead atoms. The molecule has 1 aliphatic rings. The van der Waals surface area contributed by atoms with Gasteiger partial charge in [-0.1, -0.05) is 41.4 Å². The van der Waals surface area contributed by atoms with E-state index in [9.17, 15) is 18.8 Å². The molecule has 1 fully saturated rings. The molecular weight excluding hydrogens is 622 g/mol. The van der Waals surface area contributed by atoms with Gasteiger partial charge in [0.1, 0.15) is 19.0 Å². The minimum Gasteiger partial charge on any atom is -0.493 e. The predicted molar refractivity (Wildman–Crippen MR) is 149 cm³/mol. The molecule has 0 atom stereocenters. The van der Waals surface area contributed by atoms with Gasteiger partial charge in [-0.25, -0.2) is 4.39 Å². The molecule has 12 heteroatoms. The van der Waals surface area contributed by atoms with Crippen LogP contribution in [0.15, 0.2) is 64.0 Å². The van der Waals surface area contributed by atoms with Gasteiger partial charge in [0.15, 0.2) is 11.5 Å². The van der Waals surface area contributed by atoms with Gasteiger partial charge in [-0.15, -0.1) is 0 Å². The van der Waals surface area contributed by atoms with E-state index in [-0.39, 0.29) is 22.2 Å². The summed E-state index contributed by atoms with van der Waals surface area (Å²) < 4.78 is 25.3. The Morgan fingerprint density at radius 2 is 1.89 bits per heavy atom. The summed E-state index contributed by atoms with van der Waals surface area (Å²) in [5, 5.41) is 2.30. The lowest BCUT2D eigenvalue weighted by Gasteiger charge is -2.14. The van der Waals surface area contributed by atoms with Gasteiger partial charge in [0, 0.05) is 16.3 Å². The standard InChI is InChI=1S/C26H18BrCl2FN2O5S/c1-36-21-9-14(8-17(27)24(21)37-13-15-4-2-3-5-18(15)28)10-22-25(34)32(26(35)38-22)12-23(33)31-16-6-7-20(30)19(29)11-16/h2-11H,12-13H2,1H3,(H,31,33)/b22-10+. The van der Waals surface area contributed by atoms with Crippen molar-refractivity contribution in [3.8, 4) is 11.5 Å². The van der Waals surface area contributed by atoms with Gasteiger partial charge < -0.3 is 14.8 Å². The van der Waals surface area contributed by atoms with Crippen molar-refractivity contribution in [2.75, 3.05) is 19.0 Å². The molecule has 7 nitrogen and oxygen atoms in total. The van der Waals surface area contributed by atoms with Crippen LogP contribution in [-0.4, -0.2) is 35.6 Å². The number of hydrogen-bond donors (Lipinski definition) is 1. The Morgan fingerprint density at radius 3 is 2.61 bits per heavy atom. The second-order valence-corrected chi connectivity index (χ2v) is 10.5. The smallest absolute Gasteiger partial charge is 0.294 e. The highest BCUT2D eigenvalue weighted by Crippen LogP contribution is 2.39. The molecule has 3 amide bonds. The fourth-order valence-corrected chi connectivity index (χ4v) is 5.22. The molecule has 3 aromatic rings. The number of ether oxygens (including phenoxy) is 2. The van der Waals surface area contributed by atoms with E-state index < -0.39 is 29.4 Å². The molecule has 1 heterocycles. The summed E-state index contributed by atoms with van der Waals surface area (Å²) >= 11 is 16.1. The van der Waals surface area contributed by atoms with Crippen molar-refractivity contribution in [1.82, 2.24) is 4.90 Å². The largest absolute Gasteiger partial charge is 0.493 e. The van der Waals surface area contributed by atoms with Crippen LogP contribution in [0.1, 0.15) is 11.1 Å². The quantitative estimate of drug-likeness (QED) is 0.263. The maximum Gasteiger partial charge on any atom is 0.294 e. The number of amides is 3. The van der Waals surface area contributed by atoms with Gasteiger partial charge >= 0.3 is 0 Å². The number of nitrogens with one attached hydrogen (secondary N) is 1. The van der Waals surface area contributed by atoms with Crippen LogP contribution in [0.2, 0.25) is 10.0 Å². The third-order valence-corrected chi connectivity index (χ3v) is 7.41. The zero-order valence-electron chi connectivity index (χ0n) is 19.6. The topological polar surface area (TPSA) is 84.9 Å². The summed E-state index contributed by atoms with van der Waals surface area (Å²) in [4.78, 5) is 38.7. The number of rotatable bonds is 8. The van der Waals surface area contributed by atoms with Crippen LogP contribution in [0, 0.1) is 5.82 Å². The Morgan fingerprint density at radius 1 is 1.13 bits per heavy atom. The lowest BCUT2D eigenvalue weighted by atomic mass is 10.1. The third kappa shape index (κ3) is 6.50. The molecule has 38 heavy (non-hydrogen) atoms. The lowest BCUT2D eigenvalue weighted by molar-refractivity contribution is -0.127. The highest BCUT2D eigenvalue weighted by molar-refractivity contribution is 9.10. The Bertz CT molecular complexity index is 1470. The Kier molecular flexibility index (Phi) is 8.99. The molecule has 4 rings (SSSR count). The average Bonchev–Trinajstić information content (AvgIpc) is 3.13. The maximum atomic E-state index is 13.3. The second kappa shape index (κ2) is 12.2. The Balaban J connectivity index is 1.47. The molecule has 1 saturated heterocycles. The van der Waals surface area contributed by atoms with Gasteiger partial charge in [0.05, 0.1) is 21.5 Å². The third-order valence-electron chi connectivity index (χ3n) is 5.26. The average molecular weight is 640 g/mol. The van der Waals surface area contributed by atoms with Crippen LogP contribution in [0.25, 0.3) is 6.08 Å². The first-order chi connectivity index (χ1) is 18.2. The summed E-state index contributed by atoms with van der Waals surface area (Å²) in [6, 6.07) is 14.3. The molecule has 0 aromatic heterocycles. The van der Waals surface area contributed by atoms with E-state index in [1.54, 1.807) is 18.2 Å². The fourth-order valence-electron chi connectivity index (χ4n) is 3.43. The van der Waals surface area contributed by atoms with Gasteiger partial charge in [0.2, 0.25) is 5.91 Å². The number of imide groups is 1. The summed E-state index contributed by atoms with van der Waals surface area (Å²) in [6.07, 6.45) is 1.52. The lowest BCUT2D eigenvalue weighted by Crippen LogP contribution is -2.36. The van der Waals surface area contributed by atoms with Crippen molar-refractivity contribution >= 4 is 79.7 Å². The van der Waals surface area contributed by atoms with E-state index in [0.29, 0.717) is 38.3 Å². The Hall–Kier alpha value is -3.05. The van der Waals surface area contributed by atoms with E-state index in [1.807, 2.05) is 18.2 Å². The predicted octanol–water partition coefficient (Wildman–Crippen LogP) is 7.16. The van der Waals surface area contributed by atoms with Crippen molar-refractivity contribution < 1.29 is 28.2 Å². The van der Waals surface area contributed by atoms with Crippen LogP contribution in [0.3, 0.4) is 0 Å². The number of benzene rings is 3. The number of anilines is 1. The molecule has 3 aromatic carbocycles. The summed E-state index contributed by atoms with van der Waals surface area (Å²) in [5.74, 6) is -1.06. The summed E-state index contributed by atoms with van der Waals surface area (Å²) in [6.45, 7) is -0.308. The molecule has 0 radical (unpaired) electrons. The van der Waals surface area contributed by atoms with Crippen molar-refractivity contribution in [3.63, 3.8) is 0 Å². The minimum atomic E-state index is -0.638. The number of halogens is 4. The number of nitrogens with zero attached hydrogens (tertiary/aromatic N) is 1. The Labute approximate surface area is 240 Å². The SMILES string of the molecule is COc1cc(/C=C2/SC(=O)N(CC(=O)Nc3ccc(F)c(Cl)c3)C2=O)cc(Br)c1OCc1ccccc1Cl. The van der Waals surface area contributed by atoms with Crippen LogP contribution >= 0.6 is 50.9 Å². The van der Waals surface area contributed by atoms with Crippen molar-refractivity contribution in [3.05, 3.63) is 91.0 Å². The van der Waals surface area contributed by atoms with E-state index in [2.05, 4.69) is 21.2 Å². The summed E-state index contributed by atoms with van der Waals surface area (Å²) in [7, 11) is 1.48. The number of methoxy groups -OCH3 is 1. The second-order valence-electron chi connectivity index (χ2n) is 7.86. The van der Waals surface area contributed by atoms with E-state index in [4.69, 9.17) is 32.7 Å². The molecule has 196 valence electrons. The molecule has 0 unspecified atom stereocenters. The first-order valence-electron chi connectivity index (χ1n) is 10.9. The van der Waals surface area contributed by atoms with E-state index in [1.165, 1.54) is 25.3 Å². The zero-order chi connectivity index (χ0) is 27.4. The molecule has 1 aliphatic heterocycles. The van der Waals surface area contributed by atoms with Gasteiger partial charge in [0.25, 0.3) is 11.1 Å². The molecule has 0 saturated carbocycles.